The highest BCUT2D eigenvalue weighted by atomic mass is 19.4. The number of allylic oxidation sites excluding steroid dienone is 2. The van der Waals surface area contributed by atoms with Crippen LogP contribution in [0.2, 0.25) is 0 Å². The van der Waals surface area contributed by atoms with Crippen LogP contribution in [0.1, 0.15) is 40.2 Å². The van der Waals surface area contributed by atoms with Gasteiger partial charge in [0.25, 0.3) is 0 Å². The molecule has 0 unspecified atom stereocenters. The van der Waals surface area contributed by atoms with E-state index < -0.39 is 23.4 Å². The van der Waals surface area contributed by atoms with Gasteiger partial charge in [-0.25, -0.2) is 9.78 Å². The number of benzene rings is 1. The highest BCUT2D eigenvalue weighted by Crippen LogP contribution is 2.38. The van der Waals surface area contributed by atoms with Crippen molar-refractivity contribution in [1.82, 2.24) is 15.2 Å². The van der Waals surface area contributed by atoms with E-state index in [0.717, 1.165) is 18.4 Å². The maximum atomic E-state index is 13.3. The number of carbonyl (C=O) groups is 1. The van der Waals surface area contributed by atoms with E-state index in [-0.39, 0.29) is 11.4 Å². The van der Waals surface area contributed by atoms with Crippen LogP contribution in [0.25, 0.3) is 27.4 Å². The molecule has 2 heterocycles. The Balaban J connectivity index is 2.14. The Morgan fingerprint density at radius 1 is 1.20 bits per heavy atom. The molecule has 0 saturated heterocycles. The third kappa shape index (κ3) is 2.99. The minimum absolute atomic E-state index is 0.0597. The normalized spacial score (nSPS) is 15.1. The van der Waals surface area contributed by atoms with Gasteiger partial charge < -0.3 is 15.9 Å². The van der Waals surface area contributed by atoms with Crippen LogP contribution >= 0.6 is 0 Å². The fraction of sp³-hybridized carbons (Fsp3) is 0.300. The third-order valence-electron chi connectivity index (χ3n) is 5.37. The lowest BCUT2D eigenvalue weighted by Gasteiger charge is -2.23. The molecule has 0 aliphatic heterocycles. The van der Waals surface area contributed by atoms with Gasteiger partial charge in [0.2, 0.25) is 0 Å². The fourth-order valence-corrected chi connectivity index (χ4v) is 4.03. The Kier molecular flexibility index (Phi) is 4.71. The first kappa shape index (κ1) is 19.9. The van der Waals surface area contributed by atoms with Crippen molar-refractivity contribution in [3.05, 3.63) is 40.3 Å². The number of nitrogens with zero attached hydrogens (tertiary/aromatic N) is 2. The predicted octanol–water partition coefficient (Wildman–Crippen LogP) is 3.66. The Labute approximate surface area is 168 Å². The van der Waals surface area contributed by atoms with Gasteiger partial charge in [-0.3, -0.25) is 5.10 Å². The number of H-pyrrole nitrogens is 1. The molecule has 1 aliphatic carbocycles. The number of alkyl halides is 3. The van der Waals surface area contributed by atoms with Gasteiger partial charge in [0.1, 0.15) is 5.70 Å². The number of halogens is 3. The molecule has 4 N–H and O–H groups in total. The lowest BCUT2D eigenvalue weighted by Crippen LogP contribution is -2.23. The zero-order chi connectivity index (χ0) is 21.6. The topological polar surface area (TPSA) is 118 Å². The van der Waals surface area contributed by atoms with Crippen LogP contribution in [0.15, 0.2) is 17.8 Å². The molecular formula is C20H18F3N5O2. The molecule has 10 heteroatoms. The number of hydrogen-bond donors (Lipinski definition) is 3. The van der Waals surface area contributed by atoms with Crippen LogP contribution in [0, 0.1) is 5.41 Å². The van der Waals surface area contributed by atoms with E-state index >= 15 is 0 Å². The SMILES string of the molecule is COC(=O)c1n[nH]c2ccc3nc(C(C=N)=C(N)C(F)(F)F)c4c(c3c12)CCCC4. The molecule has 0 radical (unpaired) electrons. The van der Waals surface area contributed by atoms with Crippen LogP contribution in [0.3, 0.4) is 0 Å². The molecule has 0 spiro atoms. The molecule has 0 atom stereocenters. The van der Waals surface area contributed by atoms with Crippen LogP contribution in [-0.2, 0) is 17.6 Å². The van der Waals surface area contributed by atoms with Gasteiger partial charge in [0, 0.05) is 22.6 Å². The summed E-state index contributed by atoms with van der Waals surface area (Å²) in [5.41, 5.74) is 6.12. The molecule has 1 aromatic carbocycles. The first-order valence-electron chi connectivity index (χ1n) is 9.26. The van der Waals surface area contributed by atoms with Crippen LogP contribution < -0.4 is 5.73 Å². The van der Waals surface area contributed by atoms with Gasteiger partial charge in [-0.15, -0.1) is 0 Å². The largest absolute Gasteiger partial charge is 0.464 e. The molecule has 156 valence electrons. The molecule has 1 aliphatic rings. The highest BCUT2D eigenvalue weighted by molar-refractivity contribution is 6.17. The molecule has 4 rings (SSSR count). The summed E-state index contributed by atoms with van der Waals surface area (Å²) in [6.07, 6.45) is -1.47. The van der Waals surface area contributed by atoms with Crippen LogP contribution in [0.4, 0.5) is 13.2 Å². The van der Waals surface area contributed by atoms with E-state index in [1.54, 1.807) is 12.1 Å². The summed E-state index contributed by atoms with van der Waals surface area (Å²) in [6, 6.07) is 3.31. The van der Waals surface area contributed by atoms with Crippen molar-refractivity contribution < 1.29 is 22.7 Å². The molecule has 0 amide bonds. The second kappa shape index (κ2) is 7.12. The van der Waals surface area contributed by atoms with Crippen molar-refractivity contribution in [1.29, 1.82) is 5.41 Å². The number of hydrogen-bond acceptors (Lipinski definition) is 6. The number of carbonyl (C=O) groups excluding carboxylic acids is 1. The van der Waals surface area contributed by atoms with Crippen molar-refractivity contribution >= 4 is 39.6 Å². The number of pyridine rings is 1. The zero-order valence-corrected chi connectivity index (χ0v) is 16.0. The monoisotopic (exact) mass is 417 g/mol. The summed E-state index contributed by atoms with van der Waals surface area (Å²) in [7, 11) is 1.25. The number of nitrogens with two attached hydrogens (primary N) is 1. The van der Waals surface area contributed by atoms with Crippen LogP contribution in [0.5, 0.6) is 0 Å². The lowest BCUT2D eigenvalue weighted by atomic mass is 9.85. The summed E-state index contributed by atoms with van der Waals surface area (Å²) >= 11 is 0. The average molecular weight is 417 g/mol. The second-order valence-corrected chi connectivity index (χ2v) is 7.04. The maximum Gasteiger partial charge on any atom is 0.431 e. The quantitative estimate of drug-likeness (QED) is 0.444. The van der Waals surface area contributed by atoms with E-state index in [0.29, 0.717) is 46.4 Å². The number of aryl methyl sites for hydroxylation is 1. The Hall–Kier alpha value is -3.43. The van der Waals surface area contributed by atoms with Crippen molar-refractivity contribution in [3.8, 4) is 0 Å². The molecule has 30 heavy (non-hydrogen) atoms. The summed E-state index contributed by atoms with van der Waals surface area (Å²) in [6.45, 7) is 0. The van der Waals surface area contributed by atoms with Gasteiger partial charge in [0.05, 0.1) is 23.8 Å². The number of fused-ring (bicyclic) bond motifs is 5. The van der Waals surface area contributed by atoms with Crippen molar-refractivity contribution in [3.63, 3.8) is 0 Å². The first-order valence-corrected chi connectivity index (χ1v) is 9.26. The van der Waals surface area contributed by atoms with E-state index in [9.17, 15) is 18.0 Å². The van der Waals surface area contributed by atoms with Gasteiger partial charge in [-0.2, -0.15) is 18.3 Å². The average Bonchev–Trinajstić information content (AvgIpc) is 3.17. The summed E-state index contributed by atoms with van der Waals surface area (Å²) < 4.78 is 44.7. The maximum absolute atomic E-state index is 13.3. The summed E-state index contributed by atoms with van der Waals surface area (Å²) in [5.74, 6) is -0.622. The molecule has 0 bridgehead atoms. The molecule has 0 saturated carbocycles. The highest BCUT2D eigenvalue weighted by Gasteiger charge is 2.36. The minimum atomic E-state index is -4.78. The lowest BCUT2D eigenvalue weighted by molar-refractivity contribution is -0.0919. The Bertz CT molecular complexity index is 1230. The number of nitrogens with one attached hydrogen (secondary N) is 2. The number of methoxy groups -OCH3 is 1. The molecule has 0 fully saturated rings. The molecule has 7 nitrogen and oxygen atoms in total. The summed E-state index contributed by atoms with van der Waals surface area (Å²) in [5, 5.41) is 15.6. The minimum Gasteiger partial charge on any atom is -0.464 e. The van der Waals surface area contributed by atoms with Crippen molar-refractivity contribution in [2.75, 3.05) is 7.11 Å². The molecule has 2 aromatic heterocycles. The number of rotatable bonds is 3. The van der Waals surface area contributed by atoms with Crippen LogP contribution in [-0.4, -0.2) is 40.7 Å². The van der Waals surface area contributed by atoms with Gasteiger partial charge in [-0.1, -0.05) is 0 Å². The smallest absolute Gasteiger partial charge is 0.431 e. The zero-order valence-electron chi connectivity index (χ0n) is 16.0. The molecular weight excluding hydrogens is 399 g/mol. The Morgan fingerprint density at radius 3 is 2.53 bits per heavy atom. The van der Waals surface area contributed by atoms with Gasteiger partial charge >= 0.3 is 12.1 Å². The number of ether oxygens (including phenoxy) is 1. The fourth-order valence-electron chi connectivity index (χ4n) is 4.03. The second-order valence-electron chi connectivity index (χ2n) is 7.04. The first-order chi connectivity index (χ1) is 14.3. The predicted molar refractivity (Wildman–Crippen MR) is 105 cm³/mol. The van der Waals surface area contributed by atoms with E-state index in [1.807, 2.05) is 0 Å². The van der Waals surface area contributed by atoms with Crippen molar-refractivity contribution in [2.45, 2.75) is 31.9 Å². The number of esters is 1. The Morgan fingerprint density at radius 2 is 1.90 bits per heavy atom. The van der Waals surface area contributed by atoms with E-state index in [4.69, 9.17) is 15.9 Å². The summed E-state index contributed by atoms with van der Waals surface area (Å²) in [4.78, 5) is 16.7. The van der Waals surface area contributed by atoms with Gasteiger partial charge in [0.15, 0.2) is 5.69 Å². The van der Waals surface area contributed by atoms with Crippen molar-refractivity contribution in [2.24, 2.45) is 5.73 Å². The van der Waals surface area contributed by atoms with Gasteiger partial charge in [-0.05, 0) is 48.9 Å². The van der Waals surface area contributed by atoms with E-state index in [1.165, 1.54) is 7.11 Å². The standard InChI is InChI=1S/C20H18F3N5O2/c1-30-19(29)17-15-13(27-28-17)7-6-12-14(15)9-4-2-3-5-10(9)16(26-12)11(8-24)18(25)20(21,22)23/h6-8,24H,2-5,25H2,1H3,(H,27,28). The molecule has 3 aromatic rings. The van der Waals surface area contributed by atoms with E-state index in [2.05, 4.69) is 15.2 Å². The number of aromatic nitrogens is 3. The number of aromatic amines is 1. The third-order valence-corrected chi connectivity index (χ3v) is 5.37.